The van der Waals surface area contributed by atoms with Crippen LogP contribution in [0.1, 0.15) is 35.6 Å². The smallest absolute Gasteiger partial charge is 0.455 e. The van der Waals surface area contributed by atoms with Gasteiger partial charge >= 0.3 is 12.1 Å². The highest BCUT2D eigenvalue weighted by Gasteiger charge is 2.45. The number of nitrogens with one attached hydrogen (secondary N) is 1. The van der Waals surface area contributed by atoms with E-state index in [1.54, 1.807) is 35.2 Å². The van der Waals surface area contributed by atoms with Crippen LogP contribution in [-0.2, 0) is 4.79 Å². The minimum absolute atomic E-state index is 0.0224. The first-order valence-electron chi connectivity index (χ1n) is 9.34. The second kappa shape index (κ2) is 7.47. The number of para-hydroxylation sites is 1. The molecule has 31 heavy (non-hydrogen) atoms. The van der Waals surface area contributed by atoms with Crippen molar-refractivity contribution in [3.05, 3.63) is 52.8 Å². The molecule has 0 aromatic heterocycles. The number of amides is 1. The van der Waals surface area contributed by atoms with Gasteiger partial charge in [-0.3, -0.25) is 4.79 Å². The third-order valence-electron chi connectivity index (χ3n) is 5.39. The minimum Gasteiger partial charge on any atom is -0.455 e. The van der Waals surface area contributed by atoms with Gasteiger partial charge in [-0.05, 0) is 18.9 Å². The van der Waals surface area contributed by atoms with E-state index in [2.05, 4.69) is 5.32 Å². The van der Waals surface area contributed by atoms with E-state index < -0.39 is 35.5 Å². The SMILES string of the molecule is N#Cc1c(F)cc2c(c1C#N)N1CCC[C@H](NC(=O)C(F)(F)F)[C@H]1c1ccccc1O2. The van der Waals surface area contributed by atoms with Gasteiger partial charge < -0.3 is 15.0 Å². The fourth-order valence-corrected chi connectivity index (χ4v) is 4.17. The maximum absolute atomic E-state index is 14.5. The standard InChI is InChI=1S/C21H14F4N4O2/c22-14-8-17-19(13(10-27)12(14)9-26)29-7-3-5-15(28-20(30)21(23,24)25)18(29)11-4-1-2-6-16(11)31-17/h1-2,4,6,8,15,18H,3,5,7H2,(H,28,30)/t15-,18+/m0/s1. The Hall–Kier alpha value is -3.79. The number of benzene rings is 2. The molecule has 158 valence electrons. The Labute approximate surface area is 174 Å². The van der Waals surface area contributed by atoms with Crippen molar-refractivity contribution in [2.75, 3.05) is 11.4 Å². The molecule has 0 saturated carbocycles. The molecule has 1 amide bonds. The summed E-state index contributed by atoms with van der Waals surface area (Å²) in [7, 11) is 0. The number of nitrogens with zero attached hydrogens (tertiary/aromatic N) is 3. The lowest BCUT2D eigenvalue weighted by Gasteiger charge is -2.42. The molecule has 0 spiro atoms. The van der Waals surface area contributed by atoms with Gasteiger partial charge in [0.15, 0.2) is 5.75 Å². The number of piperidine rings is 1. The van der Waals surface area contributed by atoms with Crippen molar-refractivity contribution in [2.24, 2.45) is 0 Å². The normalized spacial score (nSPS) is 19.5. The number of carbonyl (C=O) groups excluding carboxylic acids is 1. The van der Waals surface area contributed by atoms with Crippen LogP contribution in [0.3, 0.4) is 0 Å². The highest BCUT2D eigenvalue weighted by atomic mass is 19.4. The summed E-state index contributed by atoms with van der Waals surface area (Å²) in [6.45, 7) is 0.304. The van der Waals surface area contributed by atoms with Gasteiger partial charge in [-0.2, -0.15) is 23.7 Å². The molecule has 2 aromatic carbocycles. The van der Waals surface area contributed by atoms with Crippen molar-refractivity contribution in [1.82, 2.24) is 5.32 Å². The Morgan fingerprint density at radius 2 is 1.87 bits per heavy atom. The Bertz CT molecular complexity index is 1150. The molecular weight excluding hydrogens is 416 g/mol. The molecule has 0 aliphatic carbocycles. The second-order valence-corrected chi connectivity index (χ2v) is 7.18. The number of carbonyl (C=O) groups is 1. The lowest BCUT2D eigenvalue weighted by molar-refractivity contribution is -0.174. The highest BCUT2D eigenvalue weighted by molar-refractivity contribution is 5.82. The van der Waals surface area contributed by atoms with Crippen LogP contribution in [0.25, 0.3) is 0 Å². The number of hydrogen-bond donors (Lipinski definition) is 1. The average Bonchev–Trinajstić information content (AvgIpc) is 2.86. The van der Waals surface area contributed by atoms with Crippen molar-refractivity contribution in [3.63, 3.8) is 0 Å². The monoisotopic (exact) mass is 430 g/mol. The van der Waals surface area contributed by atoms with E-state index in [0.717, 1.165) is 6.07 Å². The Morgan fingerprint density at radius 1 is 1.16 bits per heavy atom. The molecule has 0 unspecified atom stereocenters. The zero-order chi connectivity index (χ0) is 22.3. The van der Waals surface area contributed by atoms with Crippen LogP contribution in [0.4, 0.5) is 23.2 Å². The summed E-state index contributed by atoms with van der Waals surface area (Å²) in [4.78, 5) is 13.3. The van der Waals surface area contributed by atoms with Crippen LogP contribution in [-0.4, -0.2) is 24.7 Å². The van der Waals surface area contributed by atoms with Crippen LogP contribution in [0, 0.1) is 28.5 Å². The first-order chi connectivity index (χ1) is 14.8. The first-order valence-corrected chi connectivity index (χ1v) is 9.34. The van der Waals surface area contributed by atoms with Crippen molar-refractivity contribution in [2.45, 2.75) is 31.1 Å². The van der Waals surface area contributed by atoms with Gasteiger partial charge in [0.25, 0.3) is 0 Å². The van der Waals surface area contributed by atoms with Gasteiger partial charge in [0, 0.05) is 18.2 Å². The number of alkyl halides is 3. The number of anilines is 1. The number of hydrogen-bond acceptors (Lipinski definition) is 5. The molecule has 4 rings (SSSR count). The number of nitriles is 2. The van der Waals surface area contributed by atoms with Gasteiger partial charge in [0.2, 0.25) is 0 Å². The lowest BCUT2D eigenvalue weighted by atomic mass is 9.88. The van der Waals surface area contributed by atoms with Crippen molar-refractivity contribution in [3.8, 4) is 23.6 Å². The summed E-state index contributed by atoms with van der Waals surface area (Å²) >= 11 is 0. The molecule has 1 saturated heterocycles. The van der Waals surface area contributed by atoms with E-state index in [9.17, 15) is 32.9 Å². The molecule has 0 radical (unpaired) electrons. The third kappa shape index (κ3) is 3.40. The van der Waals surface area contributed by atoms with Gasteiger partial charge in [0.1, 0.15) is 35.0 Å². The zero-order valence-electron chi connectivity index (χ0n) is 15.8. The third-order valence-corrected chi connectivity index (χ3v) is 5.39. The fraction of sp³-hybridized carbons (Fsp3) is 0.286. The van der Waals surface area contributed by atoms with E-state index in [1.165, 1.54) is 0 Å². The van der Waals surface area contributed by atoms with Crippen LogP contribution in [0.15, 0.2) is 30.3 Å². The van der Waals surface area contributed by atoms with Gasteiger partial charge in [-0.25, -0.2) is 4.39 Å². The maximum Gasteiger partial charge on any atom is 0.471 e. The predicted octanol–water partition coefficient (Wildman–Crippen LogP) is 4.06. The average molecular weight is 430 g/mol. The Kier molecular flexibility index (Phi) is 4.94. The van der Waals surface area contributed by atoms with Crippen LogP contribution < -0.4 is 15.0 Å². The summed E-state index contributed by atoms with van der Waals surface area (Å²) in [5.74, 6) is -2.77. The number of rotatable bonds is 1. The van der Waals surface area contributed by atoms with Gasteiger partial charge in [-0.1, -0.05) is 18.2 Å². The largest absolute Gasteiger partial charge is 0.471 e. The van der Waals surface area contributed by atoms with Crippen molar-refractivity contribution >= 4 is 11.6 Å². The van der Waals surface area contributed by atoms with E-state index in [0.29, 0.717) is 18.5 Å². The molecule has 2 atom stereocenters. The topological polar surface area (TPSA) is 89.2 Å². The lowest BCUT2D eigenvalue weighted by Crippen LogP contribution is -2.53. The molecule has 2 aliphatic rings. The number of fused-ring (bicyclic) bond motifs is 5. The molecule has 2 aliphatic heterocycles. The first kappa shape index (κ1) is 20.5. The zero-order valence-corrected chi connectivity index (χ0v) is 15.8. The minimum atomic E-state index is -5.06. The second-order valence-electron chi connectivity index (χ2n) is 7.18. The summed E-state index contributed by atoms with van der Waals surface area (Å²) < 4.78 is 59.1. The summed E-state index contributed by atoms with van der Waals surface area (Å²) in [5, 5.41) is 21.1. The molecule has 2 heterocycles. The molecule has 1 N–H and O–H groups in total. The molecule has 2 aromatic rings. The predicted molar refractivity (Wildman–Crippen MR) is 99.7 cm³/mol. The van der Waals surface area contributed by atoms with Gasteiger partial charge in [-0.15, -0.1) is 0 Å². The summed E-state index contributed by atoms with van der Waals surface area (Å²) in [5.41, 5.74) is -0.143. The molecule has 1 fully saturated rings. The van der Waals surface area contributed by atoms with E-state index in [4.69, 9.17) is 4.74 Å². The molecule has 0 bridgehead atoms. The highest BCUT2D eigenvalue weighted by Crippen LogP contribution is 2.50. The van der Waals surface area contributed by atoms with E-state index in [1.807, 2.05) is 6.07 Å². The van der Waals surface area contributed by atoms with E-state index >= 15 is 0 Å². The molecular formula is C21H14F4N4O2. The van der Waals surface area contributed by atoms with Crippen LogP contribution in [0.5, 0.6) is 11.5 Å². The molecule has 6 nitrogen and oxygen atoms in total. The summed E-state index contributed by atoms with van der Waals surface area (Å²) in [6, 6.07) is 9.24. The van der Waals surface area contributed by atoms with Crippen molar-refractivity contribution < 1.29 is 27.1 Å². The summed E-state index contributed by atoms with van der Waals surface area (Å²) in [6.07, 6.45) is -4.41. The maximum atomic E-state index is 14.5. The van der Waals surface area contributed by atoms with Crippen LogP contribution >= 0.6 is 0 Å². The Morgan fingerprint density at radius 3 is 2.55 bits per heavy atom. The van der Waals surface area contributed by atoms with Gasteiger partial charge in [0.05, 0.1) is 17.6 Å². The number of ether oxygens (including phenoxy) is 1. The van der Waals surface area contributed by atoms with E-state index in [-0.39, 0.29) is 29.2 Å². The van der Waals surface area contributed by atoms with Crippen molar-refractivity contribution in [1.29, 1.82) is 10.5 Å². The fourth-order valence-electron chi connectivity index (χ4n) is 4.17. The quantitative estimate of drug-likeness (QED) is 0.690. The van der Waals surface area contributed by atoms with Crippen LogP contribution in [0.2, 0.25) is 0 Å². The Balaban J connectivity index is 1.93. The molecule has 10 heteroatoms. The number of halogens is 4.